The number of hydrogen-bond donors (Lipinski definition) is 3. The number of fused-ring (bicyclic) bond motifs is 1. The van der Waals surface area contributed by atoms with Gasteiger partial charge in [0, 0.05) is 43.0 Å². The van der Waals surface area contributed by atoms with Crippen LogP contribution in [0.15, 0.2) is 60.0 Å². The minimum Gasteiger partial charge on any atom is -0.506 e. The Bertz CT molecular complexity index is 1600. The summed E-state index contributed by atoms with van der Waals surface area (Å²) < 4.78 is 0. The lowest BCUT2D eigenvalue weighted by molar-refractivity contribution is 0.475. The number of H-pyrrole nitrogens is 1. The first kappa shape index (κ1) is 22.6. The molecule has 1 saturated heterocycles. The largest absolute Gasteiger partial charge is 0.506 e. The fourth-order valence-corrected chi connectivity index (χ4v) is 5.58. The molecule has 4 heterocycles. The van der Waals surface area contributed by atoms with E-state index in [4.69, 9.17) is 16.6 Å². The van der Waals surface area contributed by atoms with E-state index < -0.39 is 0 Å². The summed E-state index contributed by atoms with van der Waals surface area (Å²) in [5.41, 5.74) is 5.71. The van der Waals surface area contributed by atoms with Crippen molar-refractivity contribution in [1.29, 1.82) is 5.26 Å². The van der Waals surface area contributed by atoms with Gasteiger partial charge in [0.05, 0.1) is 32.2 Å². The monoisotopic (exact) mass is 512 g/mol. The second kappa shape index (κ2) is 9.28. The number of nitriles is 1. The maximum atomic E-state index is 10.4. The first-order chi connectivity index (χ1) is 17.6. The second-order valence-electron chi connectivity index (χ2n) is 8.55. The van der Waals surface area contributed by atoms with Crippen molar-refractivity contribution < 1.29 is 5.11 Å². The maximum Gasteiger partial charge on any atom is 0.182 e. The molecule has 0 aliphatic carbocycles. The Morgan fingerprint density at radius 1 is 1.06 bits per heavy atom. The number of phenolic OH excluding ortho intramolecular Hbond substituents is 1. The van der Waals surface area contributed by atoms with Crippen LogP contribution in [-0.4, -0.2) is 46.5 Å². The van der Waals surface area contributed by atoms with Crippen LogP contribution in [0.25, 0.3) is 44.0 Å². The predicted molar refractivity (Wildman–Crippen MR) is 145 cm³/mol. The molecule has 2 aromatic carbocycles. The Morgan fingerprint density at radius 3 is 2.53 bits per heavy atom. The maximum absolute atomic E-state index is 10.4. The first-order valence-electron chi connectivity index (χ1n) is 11.5. The summed E-state index contributed by atoms with van der Waals surface area (Å²) in [7, 11) is 0. The minimum absolute atomic E-state index is 0.0246. The van der Waals surface area contributed by atoms with Crippen molar-refractivity contribution in [3.05, 3.63) is 70.6 Å². The Morgan fingerprint density at radius 2 is 1.83 bits per heavy atom. The molecule has 3 N–H and O–H groups in total. The number of nitrogens with one attached hydrogen (secondary N) is 2. The Hall–Kier alpha value is -3.90. The van der Waals surface area contributed by atoms with Gasteiger partial charge in [-0.3, -0.25) is 5.10 Å². The number of thiophene rings is 1. The molecule has 9 heteroatoms. The third-order valence-corrected chi connectivity index (χ3v) is 7.63. The highest BCUT2D eigenvalue weighted by Crippen LogP contribution is 2.42. The lowest BCUT2D eigenvalue weighted by atomic mass is 9.92. The van der Waals surface area contributed by atoms with Crippen molar-refractivity contribution in [1.82, 2.24) is 20.5 Å². The standard InChI is InChI=1S/C27H21ClN6OS/c28-20-14-17(5-8-21(20)35)25-19(15-29)23(16-3-6-18(7-4-16)34-11-9-30-10-12-34)24-26(22-2-1-13-36-22)32-33-27(24)31-25/h1-8,13-14,30,35H,9-12H2,(H,31,32,33). The molecule has 6 rings (SSSR count). The van der Waals surface area contributed by atoms with Gasteiger partial charge in [-0.15, -0.1) is 11.3 Å². The number of phenols is 1. The zero-order valence-electron chi connectivity index (χ0n) is 19.1. The SMILES string of the molecule is N#Cc1c(-c2ccc(O)c(Cl)c2)nc2n[nH]c(-c3cccs3)c2c1-c1ccc(N2CCNCC2)cc1. The summed E-state index contributed by atoms with van der Waals surface area (Å²) in [5.74, 6) is -0.0246. The molecule has 0 bridgehead atoms. The fourth-order valence-electron chi connectivity index (χ4n) is 4.68. The van der Waals surface area contributed by atoms with Crippen LogP contribution < -0.4 is 10.2 Å². The van der Waals surface area contributed by atoms with E-state index in [-0.39, 0.29) is 10.8 Å². The van der Waals surface area contributed by atoms with Gasteiger partial charge >= 0.3 is 0 Å². The Balaban J connectivity index is 1.59. The van der Waals surface area contributed by atoms with Crippen molar-refractivity contribution >= 4 is 39.7 Å². The molecular formula is C27H21ClN6OS. The number of hydrogen-bond acceptors (Lipinski definition) is 7. The molecule has 1 aliphatic rings. The first-order valence-corrected chi connectivity index (χ1v) is 12.8. The molecular weight excluding hydrogens is 492 g/mol. The molecule has 5 aromatic rings. The summed E-state index contributed by atoms with van der Waals surface area (Å²) in [6.07, 6.45) is 0. The van der Waals surface area contributed by atoms with Crippen LogP contribution in [0.4, 0.5) is 5.69 Å². The van der Waals surface area contributed by atoms with E-state index in [0.717, 1.165) is 59.0 Å². The number of pyridine rings is 1. The van der Waals surface area contributed by atoms with Crippen molar-refractivity contribution in [2.45, 2.75) is 0 Å². The zero-order valence-corrected chi connectivity index (χ0v) is 20.7. The fraction of sp³-hybridized carbons (Fsp3) is 0.148. The molecule has 1 fully saturated rings. The number of rotatable bonds is 4. The summed E-state index contributed by atoms with van der Waals surface area (Å²) in [6, 6.07) is 19.6. The van der Waals surface area contributed by atoms with Crippen molar-refractivity contribution in [3.8, 4) is 44.8 Å². The summed E-state index contributed by atoms with van der Waals surface area (Å²) in [5, 5.41) is 34.4. The van der Waals surface area contributed by atoms with Crippen LogP contribution >= 0.6 is 22.9 Å². The molecule has 36 heavy (non-hydrogen) atoms. The van der Waals surface area contributed by atoms with Crippen LogP contribution in [0.3, 0.4) is 0 Å². The van der Waals surface area contributed by atoms with Crippen molar-refractivity contribution in [2.24, 2.45) is 0 Å². The third kappa shape index (κ3) is 3.88. The molecule has 178 valence electrons. The van der Waals surface area contributed by atoms with Gasteiger partial charge in [0.2, 0.25) is 0 Å². The highest BCUT2D eigenvalue weighted by atomic mass is 35.5. The predicted octanol–water partition coefficient (Wildman–Crippen LogP) is 5.66. The molecule has 1 aliphatic heterocycles. The van der Waals surface area contributed by atoms with Crippen LogP contribution in [-0.2, 0) is 0 Å². The van der Waals surface area contributed by atoms with Gasteiger partial charge in [0.1, 0.15) is 11.8 Å². The second-order valence-corrected chi connectivity index (χ2v) is 9.90. The molecule has 0 unspecified atom stereocenters. The Labute approximate surface area is 216 Å². The van der Waals surface area contributed by atoms with Crippen molar-refractivity contribution in [3.63, 3.8) is 0 Å². The topological polar surface area (TPSA) is 101 Å². The molecule has 0 saturated carbocycles. The van der Waals surface area contributed by atoms with E-state index in [1.54, 1.807) is 23.5 Å². The van der Waals surface area contributed by atoms with Gasteiger partial charge in [-0.05, 0) is 47.3 Å². The molecule has 0 amide bonds. The Kier molecular flexibility index (Phi) is 5.82. The number of nitrogens with zero attached hydrogens (tertiary/aromatic N) is 4. The highest BCUT2D eigenvalue weighted by Gasteiger charge is 2.24. The number of aromatic hydroxyl groups is 1. The van der Waals surface area contributed by atoms with E-state index in [9.17, 15) is 10.4 Å². The average molecular weight is 513 g/mol. The van der Waals surface area contributed by atoms with Crippen molar-refractivity contribution in [2.75, 3.05) is 31.1 Å². The van der Waals surface area contributed by atoms with E-state index in [2.05, 4.69) is 50.7 Å². The molecule has 0 spiro atoms. The number of halogens is 1. The quantitative estimate of drug-likeness (QED) is 0.287. The molecule has 7 nitrogen and oxygen atoms in total. The van der Waals surface area contributed by atoms with Gasteiger partial charge in [0.15, 0.2) is 5.65 Å². The van der Waals surface area contributed by atoms with Crippen LogP contribution in [0.2, 0.25) is 5.02 Å². The number of anilines is 1. The molecule has 0 atom stereocenters. The number of piperazine rings is 1. The minimum atomic E-state index is -0.0246. The lowest BCUT2D eigenvalue weighted by Crippen LogP contribution is -2.43. The summed E-state index contributed by atoms with van der Waals surface area (Å²) in [6.45, 7) is 3.84. The number of aromatic amines is 1. The van der Waals surface area contributed by atoms with E-state index in [1.807, 2.05) is 17.5 Å². The lowest BCUT2D eigenvalue weighted by Gasteiger charge is -2.29. The number of benzene rings is 2. The van der Waals surface area contributed by atoms with Crippen LogP contribution in [0.5, 0.6) is 5.75 Å². The number of aromatic nitrogens is 3. The highest BCUT2D eigenvalue weighted by molar-refractivity contribution is 7.13. The smallest absolute Gasteiger partial charge is 0.182 e. The van der Waals surface area contributed by atoms with E-state index in [1.165, 1.54) is 6.07 Å². The zero-order chi connectivity index (χ0) is 24.6. The summed E-state index contributed by atoms with van der Waals surface area (Å²) >= 11 is 7.81. The normalized spacial score (nSPS) is 13.7. The average Bonchev–Trinajstić information content (AvgIpc) is 3.60. The molecule has 0 radical (unpaired) electrons. The van der Waals surface area contributed by atoms with E-state index in [0.29, 0.717) is 22.5 Å². The van der Waals surface area contributed by atoms with Gasteiger partial charge in [0.25, 0.3) is 0 Å². The molecule has 3 aromatic heterocycles. The summed E-state index contributed by atoms with van der Waals surface area (Å²) in [4.78, 5) is 8.15. The van der Waals surface area contributed by atoms with Gasteiger partial charge in [-0.1, -0.05) is 29.8 Å². The third-order valence-electron chi connectivity index (χ3n) is 6.44. The van der Waals surface area contributed by atoms with Gasteiger partial charge < -0.3 is 15.3 Å². The van der Waals surface area contributed by atoms with Crippen LogP contribution in [0.1, 0.15) is 5.56 Å². The van der Waals surface area contributed by atoms with E-state index >= 15 is 0 Å². The van der Waals surface area contributed by atoms with Gasteiger partial charge in [-0.2, -0.15) is 10.4 Å². The van der Waals surface area contributed by atoms with Gasteiger partial charge in [-0.25, -0.2) is 4.98 Å². The van der Waals surface area contributed by atoms with Crippen LogP contribution in [0, 0.1) is 11.3 Å².